The molecule has 64 valence electrons. The van der Waals surface area contributed by atoms with E-state index in [0.717, 1.165) is 7.11 Å². The van der Waals surface area contributed by atoms with E-state index >= 15 is 0 Å². The molecule has 0 aliphatic heterocycles. The second kappa shape index (κ2) is 4.84. The van der Waals surface area contributed by atoms with Crippen LogP contribution < -0.4 is 5.32 Å². The van der Waals surface area contributed by atoms with Crippen molar-refractivity contribution in [2.45, 2.75) is 6.04 Å². The number of nitrogens with one attached hydrogen (secondary N) is 1. The number of carbonyl (C=O) groups excluding carboxylic acids is 1. The molecule has 0 fully saturated rings. The van der Waals surface area contributed by atoms with E-state index in [4.69, 9.17) is 5.11 Å². The van der Waals surface area contributed by atoms with E-state index in [1.165, 1.54) is 0 Å². The highest BCUT2D eigenvalue weighted by Gasteiger charge is 2.17. The molecule has 0 saturated heterocycles. The van der Waals surface area contributed by atoms with Gasteiger partial charge in [0.2, 0.25) is 0 Å². The average Bonchev–Trinajstić information content (AvgIpc) is 1.99. The molecule has 0 rings (SSSR count). The number of methoxy groups -OCH3 is 1. The van der Waals surface area contributed by atoms with Crippen molar-refractivity contribution in [3.8, 4) is 0 Å². The monoisotopic (exact) mass is 179 g/mol. The molecular formula is C5H9NO4S. The SMILES string of the molecule is COC(=O)NC(CS)C(=O)O. The number of hydrogen-bond acceptors (Lipinski definition) is 4. The first-order valence-electron chi connectivity index (χ1n) is 2.80. The molecule has 0 saturated carbocycles. The van der Waals surface area contributed by atoms with E-state index in [-0.39, 0.29) is 5.75 Å². The molecule has 0 aliphatic rings. The lowest BCUT2D eigenvalue weighted by Crippen LogP contribution is -2.41. The van der Waals surface area contributed by atoms with E-state index in [9.17, 15) is 9.59 Å². The topological polar surface area (TPSA) is 75.6 Å². The number of amides is 1. The minimum absolute atomic E-state index is 0.0322. The third kappa shape index (κ3) is 3.72. The summed E-state index contributed by atoms with van der Waals surface area (Å²) in [7, 11) is 1.16. The molecule has 0 aromatic carbocycles. The number of thiol groups is 1. The number of carboxylic acids is 1. The molecular weight excluding hydrogens is 170 g/mol. The maximum absolute atomic E-state index is 10.5. The van der Waals surface area contributed by atoms with Crippen molar-refractivity contribution < 1.29 is 19.4 Å². The zero-order valence-electron chi connectivity index (χ0n) is 5.90. The largest absolute Gasteiger partial charge is 0.480 e. The van der Waals surface area contributed by atoms with E-state index in [2.05, 4.69) is 22.7 Å². The lowest BCUT2D eigenvalue weighted by atomic mass is 10.3. The second-order valence-corrected chi connectivity index (χ2v) is 2.07. The average molecular weight is 179 g/mol. The maximum atomic E-state index is 10.5. The summed E-state index contributed by atoms with van der Waals surface area (Å²) < 4.78 is 4.19. The molecule has 0 aliphatic carbocycles. The molecule has 0 aromatic rings. The summed E-state index contributed by atoms with van der Waals surface area (Å²) in [6.45, 7) is 0. The minimum Gasteiger partial charge on any atom is -0.480 e. The molecule has 5 nitrogen and oxygen atoms in total. The summed E-state index contributed by atoms with van der Waals surface area (Å²) in [4.78, 5) is 20.7. The molecule has 11 heavy (non-hydrogen) atoms. The highest BCUT2D eigenvalue weighted by atomic mass is 32.1. The van der Waals surface area contributed by atoms with E-state index in [1.807, 2.05) is 0 Å². The summed E-state index contributed by atoms with van der Waals surface area (Å²) in [6.07, 6.45) is -0.772. The zero-order valence-corrected chi connectivity index (χ0v) is 6.80. The Hall–Kier alpha value is -0.910. The first-order chi connectivity index (χ1) is 5.11. The lowest BCUT2D eigenvalue weighted by Gasteiger charge is -2.09. The van der Waals surface area contributed by atoms with Gasteiger partial charge in [-0.25, -0.2) is 9.59 Å². The lowest BCUT2D eigenvalue weighted by molar-refractivity contribution is -0.138. The van der Waals surface area contributed by atoms with Gasteiger partial charge in [-0.15, -0.1) is 0 Å². The highest BCUT2D eigenvalue weighted by Crippen LogP contribution is 1.88. The van der Waals surface area contributed by atoms with Crippen LogP contribution >= 0.6 is 12.6 Å². The summed E-state index contributed by atoms with van der Waals surface area (Å²) in [5.41, 5.74) is 0. The Bertz CT molecular complexity index is 161. The Morgan fingerprint density at radius 1 is 1.73 bits per heavy atom. The predicted octanol–water partition coefficient (Wildman–Crippen LogP) is -0.275. The van der Waals surface area contributed by atoms with Gasteiger partial charge in [0.05, 0.1) is 7.11 Å². The molecule has 0 spiro atoms. The fourth-order valence-electron chi connectivity index (χ4n) is 0.387. The number of carboxylic acid groups (broad SMARTS) is 1. The van der Waals surface area contributed by atoms with Gasteiger partial charge in [0, 0.05) is 5.75 Å². The number of ether oxygens (including phenoxy) is 1. The van der Waals surface area contributed by atoms with Gasteiger partial charge in [0.1, 0.15) is 6.04 Å². The third-order valence-electron chi connectivity index (χ3n) is 0.958. The molecule has 1 atom stereocenters. The summed E-state index contributed by atoms with van der Waals surface area (Å²) >= 11 is 3.72. The van der Waals surface area contributed by atoms with Crippen LogP contribution in [-0.2, 0) is 9.53 Å². The number of aliphatic carboxylic acids is 1. The van der Waals surface area contributed by atoms with Gasteiger partial charge in [-0.1, -0.05) is 0 Å². The number of alkyl carbamates (subject to hydrolysis) is 1. The minimum atomic E-state index is -1.13. The van der Waals surface area contributed by atoms with Crippen molar-refractivity contribution >= 4 is 24.7 Å². The second-order valence-electron chi connectivity index (χ2n) is 1.71. The van der Waals surface area contributed by atoms with Crippen molar-refractivity contribution in [3.05, 3.63) is 0 Å². The molecule has 1 amide bonds. The van der Waals surface area contributed by atoms with Crippen LogP contribution in [0.3, 0.4) is 0 Å². The Morgan fingerprint density at radius 3 is 2.55 bits per heavy atom. The van der Waals surface area contributed by atoms with Crippen LogP contribution in [0.1, 0.15) is 0 Å². The molecule has 2 N–H and O–H groups in total. The van der Waals surface area contributed by atoms with Gasteiger partial charge in [-0.3, -0.25) is 0 Å². The predicted molar refractivity (Wildman–Crippen MR) is 40.8 cm³/mol. The number of carbonyl (C=O) groups is 2. The van der Waals surface area contributed by atoms with Gasteiger partial charge >= 0.3 is 12.1 Å². The standard InChI is InChI=1S/C5H9NO4S/c1-10-5(9)6-3(2-11)4(7)8/h3,11H,2H2,1H3,(H,6,9)(H,7,8). The van der Waals surface area contributed by atoms with Gasteiger partial charge in [0.15, 0.2) is 0 Å². The maximum Gasteiger partial charge on any atom is 0.407 e. The van der Waals surface area contributed by atoms with E-state index < -0.39 is 18.1 Å². The van der Waals surface area contributed by atoms with E-state index in [1.54, 1.807) is 0 Å². The molecule has 0 radical (unpaired) electrons. The Kier molecular flexibility index (Phi) is 4.44. The Balaban J connectivity index is 3.88. The van der Waals surface area contributed by atoms with Crippen molar-refractivity contribution in [3.63, 3.8) is 0 Å². The van der Waals surface area contributed by atoms with Gasteiger partial charge in [-0.05, 0) is 0 Å². The Morgan fingerprint density at radius 2 is 2.27 bits per heavy atom. The van der Waals surface area contributed by atoms with Gasteiger partial charge < -0.3 is 15.2 Å². The normalized spacial score (nSPS) is 11.8. The quantitative estimate of drug-likeness (QED) is 0.521. The van der Waals surface area contributed by atoms with Gasteiger partial charge in [0.25, 0.3) is 0 Å². The highest BCUT2D eigenvalue weighted by molar-refractivity contribution is 7.80. The fraction of sp³-hybridized carbons (Fsp3) is 0.600. The van der Waals surface area contributed by atoms with Crippen LogP contribution in [0, 0.1) is 0 Å². The van der Waals surface area contributed by atoms with Crippen LogP contribution in [-0.4, -0.2) is 36.1 Å². The number of rotatable bonds is 3. The molecule has 1 unspecified atom stereocenters. The van der Waals surface area contributed by atoms with Crippen molar-refractivity contribution in [2.24, 2.45) is 0 Å². The van der Waals surface area contributed by atoms with Crippen LogP contribution in [0.25, 0.3) is 0 Å². The summed E-state index contributed by atoms with van der Waals surface area (Å²) in [5, 5.41) is 10.5. The zero-order chi connectivity index (χ0) is 8.85. The van der Waals surface area contributed by atoms with E-state index in [0.29, 0.717) is 0 Å². The van der Waals surface area contributed by atoms with Crippen LogP contribution in [0.4, 0.5) is 4.79 Å². The molecule has 0 heterocycles. The number of hydrogen-bond donors (Lipinski definition) is 3. The third-order valence-corrected chi connectivity index (χ3v) is 1.32. The molecule has 0 bridgehead atoms. The molecule has 6 heteroatoms. The summed E-state index contributed by atoms with van der Waals surface area (Å²) in [5.74, 6) is -1.10. The smallest absolute Gasteiger partial charge is 0.407 e. The van der Waals surface area contributed by atoms with Gasteiger partial charge in [-0.2, -0.15) is 12.6 Å². The molecule has 0 aromatic heterocycles. The fourth-order valence-corrected chi connectivity index (χ4v) is 0.634. The first-order valence-corrected chi connectivity index (χ1v) is 3.43. The summed E-state index contributed by atoms with van der Waals surface area (Å²) in [6, 6.07) is -0.995. The van der Waals surface area contributed by atoms with Crippen molar-refractivity contribution in [1.82, 2.24) is 5.32 Å². The Labute approximate surface area is 69.1 Å². The van der Waals surface area contributed by atoms with Crippen LogP contribution in [0.15, 0.2) is 0 Å². The van der Waals surface area contributed by atoms with Crippen molar-refractivity contribution in [1.29, 1.82) is 0 Å². The van der Waals surface area contributed by atoms with Crippen LogP contribution in [0.5, 0.6) is 0 Å². The first kappa shape index (κ1) is 10.1. The van der Waals surface area contributed by atoms with Crippen molar-refractivity contribution in [2.75, 3.05) is 12.9 Å². The van der Waals surface area contributed by atoms with Crippen LogP contribution in [0.2, 0.25) is 0 Å².